The van der Waals surface area contributed by atoms with E-state index in [4.69, 9.17) is 4.74 Å². The number of hydrogen-bond acceptors (Lipinski definition) is 4. The molecule has 1 saturated carbocycles. The predicted molar refractivity (Wildman–Crippen MR) is 71.6 cm³/mol. The minimum atomic E-state index is -0.167. The maximum Gasteiger partial charge on any atom is 0.305 e. The van der Waals surface area contributed by atoms with Gasteiger partial charge in [0.15, 0.2) is 0 Å². The Morgan fingerprint density at radius 1 is 1.42 bits per heavy atom. The van der Waals surface area contributed by atoms with Crippen LogP contribution in [-0.4, -0.2) is 48.6 Å². The van der Waals surface area contributed by atoms with Crippen molar-refractivity contribution in [2.45, 2.75) is 57.5 Å². The molecule has 0 aromatic carbocycles. The van der Waals surface area contributed by atoms with Gasteiger partial charge >= 0.3 is 5.97 Å². The van der Waals surface area contributed by atoms with Gasteiger partial charge in [0.05, 0.1) is 12.6 Å². The molecule has 0 radical (unpaired) electrons. The van der Waals surface area contributed by atoms with Gasteiger partial charge in [-0.1, -0.05) is 0 Å². The van der Waals surface area contributed by atoms with Crippen LogP contribution in [0.3, 0.4) is 0 Å². The van der Waals surface area contributed by atoms with Crippen LogP contribution in [0.15, 0.2) is 0 Å². The second-order valence-corrected chi connectivity index (χ2v) is 5.37. The summed E-state index contributed by atoms with van der Waals surface area (Å²) in [6.45, 7) is 3.72. The van der Waals surface area contributed by atoms with Crippen LogP contribution in [-0.2, 0) is 14.3 Å². The van der Waals surface area contributed by atoms with E-state index >= 15 is 0 Å². The molecule has 0 aromatic heterocycles. The van der Waals surface area contributed by atoms with Crippen LogP contribution in [0.5, 0.6) is 0 Å². The van der Waals surface area contributed by atoms with Gasteiger partial charge in [-0.3, -0.25) is 9.59 Å². The number of ether oxygens (including phenoxy) is 1. The molecular weight excluding hydrogens is 244 g/mol. The molecule has 0 bridgehead atoms. The zero-order chi connectivity index (χ0) is 13.7. The van der Waals surface area contributed by atoms with Crippen molar-refractivity contribution in [1.82, 2.24) is 10.2 Å². The molecular formula is C14H24N2O3. The van der Waals surface area contributed by atoms with Gasteiger partial charge in [-0.15, -0.1) is 0 Å². The van der Waals surface area contributed by atoms with Crippen LogP contribution >= 0.6 is 0 Å². The van der Waals surface area contributed by atoms with E-state index in [0.29, 0.717) is 32.0 Å². The molecule has 2 aliphatic rings. The quantitative estimate of drug-likeness (QED) is 0.702. The number of esters is 1. The third-order valence-corrected chi connectivity index (χ3v) is 3.66. The molecule has 0 aromatic rings. The number of nitrogens with zero attached hydrogens (tertiary/aromatic N) is 1. The molecule has 1 amide bonds. The van der Waals surface area contributed by atoms with Crippen molar-refractivity contribution in [3.8, 4) is 0 Å². The van der Waals surface area contributed by atoms with E-state index < -0.39 is 0 Å². The third-order valence-electron chi connectivity index (χ3n) is 3.66. The number of carbonyl (C=O) groups is 2. The molecule has 0 spiro atoms. The lowest BCUT2D eigenvalue weighted by Gasteiger charge is -2.32. The first kappa shape index (κ1) is 14.3. The molecule has 1 aliphatic carbocycles. The highest BCUT2D eigenvalue weighted by Gasteiger charge is 2.33. The molecule has 2 fully saturated rings. The Balaban J connectivity index is 1.69. The second kappa shape index (κ2) is 6.89. The Kier molecular flexibility index (Phi) is 5.19. The second-order valence-electron chi connectivity index (χ2n) is 5.37. The molecule has 1 unspecified atom stereocenters. The molecule has 5 heteroatoms. The Hall–Kier alpha value is -1.10. The highest BCUT2D eigenvalue weighted by atomic mass is 16.5. The molecule has 19 heavy (non-hydrogen) atoms. The van der Waals surface area contributed by atoms with Crippen LogP contribution in [0.1, 0.15) is 45.4 Å². The van der Waals surface area contributed by atoms with Crippen molar-refractivity contribution < 1.29 is 14.3 Å². The van der Waals surface area contributed by atoms with Crippen molar-refractivity contribution in [2.24, 2.45) is 0 Å². The summed E-state index contributed by atoms with van der Waals surface area (Å²) >= 11 is 0. The molecule has 1 atom stereocenters. The molecule has 1 saturated heterocycles. The number of carbonyl (C=O) groups excluding carboxylic acids is 2. The first-order valence-corrected chi connectivity index (χ1v) is 7.41. The Morgan fingerprint density at radius 3 is 2.89 bits per heavy atom. The first-order chi connectivity index (χ1) is 9.20. The monoisotopic (exact) mass is 268 g/mol. The Labute approximate surface area is 114 Å². The number of amides is 1. The van der Waals surface area contributed by atoms with Crippen molar-refractivity contribution in [3.05, 3.63) is 0 Å². The van der Waals surface area contributed by atoms with Gasteiger partial charge in [0.2, 0.25) is 5.91 Å². The Bertz CT molecular complexity index is 329. The van der Waals surface area contributed by atoms with Gasteiger partial charge in [0.1, 0.15) is 0 Å². The van der Waals surface area contributed by atoms with Crippen molar-refractivity contribution >= 4 is 11.9 Å². The van der Waals surface area contributed by atoms with E-state index in [2.05, 4.69) is 5.32 Å². The van der Waals surface area contributed by atoms with Crippen LogP contribution in [0.2, 0.25) is 0 Å². The maximum atomic E-state index is 12.2. The van der Waals surface area contributed by atoms with Crippen molar-refractivity contribution in [3.63, 3.8) is 0 Å². The third kappa shape index (κ3) is 4.49. The molecule has 1 N–H and O–H groups in total. The smallest absolute Gasteiger partial charge is 0.305 e. The molecule has 108 valence electrons. The highest BCUT2D eigenvalue weighted by molar-refractivity contribution is 5.82. The maximum absolute atomic E-state index is 12.2. The average Bonchev–Trinajstić information content (AvgIpc) is 3.18. The fourth-order valence-electron chi connectivity index (χ4n) is 2.50. The van der Waals surface area contributed by atoms with E-state index in [9.17, 15) is 9.59 Å². The number of hydrogen-bond donors (Lipinski definition) is 1. The summed E-state index contributed by atoms with van der Waals surface area (Å²) < 4.78 is 4.89. The lowest BCUT2D eigenvalue weighted by molar-refractivity contribution is -0.144. The van der Waals surface area contributed by atoms with Crippen LogP contribution < -0.4 is 5.32 Å². The standard InChI is InChI=1S/C14H24N2O3/c1-2-19-13(17)6-4-10-16-9-3-5-12(14(16)18)15-11-7-8-11/h11-12,15H,2-10H2,1H3. The zero-order valence-electron chi connectivity index (χ0n) is 11.7. The number of nitrogens with one attached hydrogen (secondary N) is 1. The highest BCUT2D eigenvalue weighted by Crippen LogP contribution is 2.22. The summed E-state index contributed by atoms with van der Waals surface area (Å²) in [6.07, 6.45) is 5.50. The molecule has 1 heterocycles. The van der Waals surface area contributed by atoms with E-state index in [1.807, 2.05) is 4.90 Å². The summed E-state index contributed by atoms with van der Waals surface area (Å²) in [5, 5.41) is 3.41. The molecule has 5 nitrogen and oxygen atoms in total. The normalized spacial score (nSPS) is 23.5. The summed E-state index contributed by atoms with van der Waals surface area (Å²) in [5.41, 5.74) is 0. The summed E-state index contributed by atoms with van der Waals surface area (Å²) in [6, 6.07) is 0.567. The van der Waals surface area contributed by atoms with Gasteiger partial charge in [-0.05, 0) is 39.0 Å². The number of piperidine rings is 1. The summed E-state index contributed by atoms with van der Waals surface area (Å²) in [5.74, 6) is 0.0432. The van der Waals surface area contributed by atoms with Gasteiger partial charge in [0, 0.05) is 25.6 Å². The van der Waals surface area contributed by atoms with E-state index in [1.165, 1.54) is 12.8 Å². The minimum absolute atomic E-state index is 0.00356. The molecule has 2 rings (SSSR count). The fraction of sp³-hybridized carbons (Fsp3) is 0.857. The van der Waals surface area contributed by atoms with Crippen LogP contribution in [0.4, 0.5) is 0 Å². The van der Waals surface area contributed by atoms with Gasteiger partial charge < -0.3 is 15.0 Å². The molecule has 1 aliphatic heterocycles. The number of likely N-dealkylation sites (tertiary alicyclic amines) is 1. The van der Waals surface area contributed by atoms with E-state index in [0.717, 1.165) is 19.4 Å². The minimum Gasteiger partial charge on any atom is -0.466 e. The largest absolute Gasteiger partial charge is 0.466 e. The fourth-order valence-corrected chi connectivity index (χ4v) is 2.50. The van der Waals surface area contributed by atoms with Crippen LogP contribution in [0.25, 0.3) is 0 Å². The topological polar surface area (TPSA) is 58.6 Å². The van der Waals surface area contributed by atoms with Gasteiger partial charge in [-0.2, -0.15) is 0 Å². The average molecular weight is 268 g/mol. The van der Waals surface area contributed by atoms with Crippen LogP contribution in [0, 0.1) is 0 Å². The first-order valence-electron chi connectivity index (χ1n) is 7.41. The lowest BCUT2D eigenvalue weighted by atomic mass is 10.0. The van der Waals surface area contributed by atoms with Gasteiger partial charge in [0.25, 0.3) is 0 Å². The van der Waals surface area contributed by atoms with Crippen molar-refractivity contribution in [1.29, 1.82) is 0 Å². The van der Waals surface area contributed by atoms with Gasteiger partial charge in [-0.25, -0.2) is 0 Å². The Morgan fingerprint density at radius 2 is 2.21 bits per heavy atom. The zero-order valence-corrected chi connectivity index (χ0v) is 11.7. The summed E-state index contributed by atoms with van der Waals surface area (Å²) in [4.78, 5) is 25.4. The number of rotatable bonds is 7. The van der Waals surface area contributed by atoms with E-state index in [-0.39, 0.29) is 17.9 Å². The van der Waals surface area contributed by atoms with E-state index in [1.54, 1.807) is 6.92 Å². The van der Waals surface area contributed by atoms with Crippen molar-refractivity contribution in [2.75, 3.05) is 19.7 Å². The summed E-state index contributed by atoms with van der Waals surface area (Å²) in [7, 11) is 0. The predicted octanol–water partition coefficient (Wildman–Crippen LogP) is 1.07. The lowest BCUT2D eigenvalue weighted by Crippen LogP contribution is -2.51. The SMILES string of the molecule is CCOC(=O)CCCN1CCCC(NC2CC2)C1=O.